The molecule has 0 radical (unpaired) electrons. The number of rotatable bonds is 6. The number of hydrazone groups is 1. The summed E-state index contributed by atoms with van der Waals surface area (Å²) in [5.74, 6) is 5.73. The zero-order valence-corrected chi connectivity index (χ0v) is 11.0. The van der Waals surface area contributed by atoms with E-state index in [1.165, 1.54) is 12.8 Å². The molecule has 0 aromatic rings. The van der Waals surface area contributed by atoms with Gasteiger partial charge in [0.05, 0.1) is 12.3 Å². The highest BCUT2D eigenvalue weighted by molar-refractivity contribution is 6.30. The summed E-state index contributed by atoms with van der Waals surface area (Å²) in [6, 6.07) is 0. The van der Waals surface area contributed by atoms with Gasteiger partial charge in [-0.25, -0.2) is 0 Å². The van der Waals surface area contributed by atoms with E-state index < -0.39 is 0 Å². The summed E-state index contributed by atoms with van der Waals surface area (Å²) in [6.45, 7) is 2.50. The van der Waals surface area contributed by atoms with Crippen molar-refractivity contribution in [1.82, 2.24) is 10.2 Å². The average Bonchev–Trinajstić information content (AvgIpc) is 2.39. The van der Waals surface area contributed by atoms with Crippen molar-refractivity contribution in [2.75, 3.05) is 26.7 Å². The molecule has 1 aliphatic heterocycles. The van der Waals surface area contributed by atoms with Crippen molar-refractivity contribution in [1.29, 1.82) is 5.41 Å². The molecule has 6 heteroatoms. The fourth-order valence-corrected chi connectivity index (χ4v) is 2.10. The van der Waals surface area contributed by atoms with Gasteiger partial charge in [-0.05, 0) is 45.3 Å². The highest BCUT2D eigenvalue weighted by Crippen LogP contribution is 2.20. The number of carbonyl (C=O) groups excluding carboxylic acids is 1. The lowest BCUT2D eigenvalue weighted by molar-refractivity contribution is -0.121. The summed E-state index contributed by atoms with van der Waals surface area (Å²) in [7, 11) is 2.13. The zero-order valence-electron chi connectivity index (χ0n) is 11.0. The van der Waals surface area contributed by atoms with E-state index in [1.54, 1.807) is 0 Å². The molecule has 0 bridgehead atoms. The van der Waals surface area contributed by atoms with Crippen LogP contribution in [-0.4, -0.2) is 49.4 Å². The molecular weight excluding hydrogens is 230 g/mol. The predicted molar refractivity (Wildman–Crippen MR) is 72.9 cm³/mol. The lowest BCUT2D eigenvalue weighted by Crippen LogP contribution is -2.33. The molecule has 1 rings (SSSR count). The molecule has 102 valence electrons. The largest absolute Gasteiger partial charge is 0.350 e. The molecule has 4 N–H and O–H groups in total. The topological polar surface area (TPSA) is 94.6 Å². The van der Waals surface area contributed by atoms with E-state index in [2.05, 4.69) is 22.4 Å². The number of piperidine rings is 1. The maximum Gasteiger partial charge on any atom is 0.220 e. The summed E-state index contributed by atoms with van der Waals surface area (Å²) >= 11 is 0. The van der Waals surface area contributed by atoms with Gasteiger partial charge in [0, 0.05) is 12.6 Å². The van der Waals surface area contributed by atoms with E-state index in [-0.39, 0.29) is 12.5 Å². The summed E-state index contributed by atoms with van der Waals surface area (Å²) in [5, 5.41) is 13.1. The quantitative estimate of drug-likeness (QED) is 0.358. The minimum Gasteiger partial charge on any atom is -0.350 e. The van der Waals surface area contributed by atoms with Crippen LogP contribution in [-0.2, 0) is 4.79 Å². The summed E-state index contributed by atoms with van der Waals surface area (Å²) in [4.78, 5) is 13.9. The molecule has 1 fully saturated rings. The SMILES string of the molecule is CN1CCC(CCC(=O)NCC(C=N)=NN)CC1. The van der Waals surface area contributed by atoms with Crippen molar-refractivity contribution in [3.05, 3.63) is 0 Å². The number of nitrogens with zero attached hydrogens (tertiary/aromatic N) is 2. The second-order valence-electron chi connectivity index (χ2n) is 4.83. The van der Waals surface area contributed by atoms with Crippen molar-refractivity contribution < 1.29 is 4.79 Å². The Morgan fingerprint density at radius 1 is 1.56 bits per heavy atom. The Hall–Kier alpha value is -1.43. The fourth-order valence-electron chi connectivity index (χ4n) is 2.10. The summed E-state index contributed by atoms with van der Waals surface area (Å²) < 4.78 is 0. The minimum atomic E-state index is 0.0110. The van der Waals surface area contributed by atoms with E-state index in [9.17, 15) is 4.79 Å². The van der Waals surface area contributed by atoms with Gasteiger partial charge in [-0.2, -0.15) is 5.10 Å². The Morgan fingerprint density at radius 2 is 2.22 bits per heavy atom. The first-order chi connectivity index (χ1) is 8.65. The molecule has 1 saturated heterocycles. The van der Waals surface area contributed by atoms with Crippen LogP contribution in [0.4, 0.5) is 0 Å². The molecular formula is C12H23N5O. The van der Waals surface area contributed by atoms with Crippen LogP contribution in [0.15, 0.2) is 5.10 Å². The molecule has 0 aromatic heterocycles. The maximum absolute atomic E-state index is 11.6. The van der Waals surface area contributed by atoms with Crippen molar-refractivity contribution in [2.45, 2.75) is 25.7 Å². The van der Waals surface area contributed by atoms with Crippen LogP contribution in [0.5, 0.6) is 0 Å². The normalized spacial score (nSPS) is 18.6. The van der Waals surface area contributed by atoms with Crippen LogP contribution in [0.1, 0.15) is 25.7 Å². The molecule has 0 spiro atoms. The lowest BCUT2D eigenvalue weighted by Gasteiger charge is -2.28. The summed E-state index contributed by atoms with van der Waals surface area (Å²) in [6.07, 6.45) is 4.90. The number of carbonyl (C=O) groups is 1. The van der Waals surface area contributed by atoms with Gasteiger partial charge in [0.15, 0.2) is 0 Å². The molecule has 0 aliphatic carbocycles. The highest BCUT2D eigenvalue weighted by Gasteiger charge is 2.17. The van der Waals surface area contributed by atoms with Crippen LogP contribution < -0.4 is 11.2 Å². The van der Waals surface area contributed by atoms with E-state index in [0.29, 0.717) is 18.1 Å². The number of nitrogens with one attached hydrogen (secondary N) is 2. The van der Waals surface area contributed by atoms with E-state index >= 15 is 0 Å². The van der Waals surface area contributed by atoms with E-state index in [4.69, 9.17) is 11.3 Å². The Kier molecular flexibility index (Phi) is 6.35. The van der Waals surface area contributed by atoms with Gasteiger partial charge in [0.1, 0.15) is 0 Å². The van der Waals surface area contributed by atoms with Crippen molar-refractivity contribution in [3.63, 3.8) is 0 Å². The number of nitrogens with two attached hydrogens (primary N) is 1. The minimum absolute atomic E-state index is 0.0110. The molecule has 1 heterocycles. The molecule has 0 saturated carbocycles. The van der Waals surface area contributed by atoms with Gasteiger partial charge in [-0.3, -0.25) is 4.79 Å². The third-order valence-electron chi connectivity index (χ3n) is 3.42. The van der Waals surface area contributed by atoms with Gasteiger partial charge < -0.3 is 21.5 Å². The molecule has 1 amide bonds. The first-order valence-electron chi connectivity index (χ1n) is 6.38. The smallest absolute Gasteiger partial charge is 0.220 e. The second-order valence-corrected chi connectivity index (χ2v) is 4.83. The van der Waals surface area contributed by atoms with Crippen LogP contribution in [0, 0.1) is 11.3 Å². The van der Waals surface area contributed by atoms with Gasteiger partial charge >= 0.3 is 0 Å². The fraction of sp³-hybridized carbons (Fsp3) is 0.750. The molecule has 0 atom stereocenters. The van der Waals surface area contributed by atoms with Crippen LogP contribution >= 0.6 is 0 Å². The highest BCUT2D eigenvalue weighted by atomic mass is 16.1. The number of amides is 1. The van der Waals surface area contributed by atoms with Crippen LogP contribution in [0.25, 0.3) is 0 Å². The number of hydrogen-bond acceptors (Lipinski definition) is 5. The molecule has 6 nitrogen and oxygen atoms in total. The molecule has 1 aliphatic rings. The van der Waals surface area contributed by atoms with Crippen molar-refractivity contribution in [2.24, 2.45) is 16.9 Å². The Bertz CT molecular complexity index is 308. The molecule has 18 heavy (non-hydrogen) atoms. The monoisotopic (exact) mass is 253 g/mol. The lowest BCUT2D eigenvalue weighted by atomic mass is 9.92. The average molecular weight is 253 g/mol. The standard InChI is InChI=1S/C12H23N5O/c1-17-6-4-10(5-7-17)2-3-12(18)15-9-11(8-13)16-14/h8,10,13H,2-7,9,14H2,1H3,(H,15,18). The van der Waals surface area contributed by atoms with Crippen molar-refractivity contribution in [3.8, 4) is 0 Å². The van der Waals surface area contributed by atoms with Gasteiger partial charge in [0.2, 0.25) is 5.91 Å². The van der Waals surface area contributed by atoms with E-state index in [0.717, 1.165) is 25.7 Å². The van der Waals surface area contributed by atoms with Crippen LogP contribution in [0.2, 0.25) is 0 Å². The van der Waals surface area contributed by atoms with Crippen molar-refractivity contribution >= 4 is 17.8 Å². The van der Waals surface area contributed by atoms with E-state index in [1.807, 2.05) is 0 Å². The Labute approximate surface area is 108 Å². The zero-order chi connectivity index (χ0) is 13.4. The Balaban J connectivity index is 2.15. The first-order valence-corrected chi connectivity index (χ1v) is 6.38. The maximum atomic E-state index is 11.6. The first kappa shape index (κ1) is 14.6. The Morgan fingerprint density at radius 3 is 2.78 bits per heavy atom. The molecule has 0 aromatic carbocycles. The number of hydrogen-bond donors (Lipinski definition) is 3. The van der Waals surface area contributed by atoms with Gasteiger partial charge in [-0.1, -0.05) is 0 Å². The molecule has 0 unspecified atom stereocenters. The third-order valence-corrected chi connectivity index (χ3v) is 3.42. The number of likely N-dealkylation sites (tertiary alicyclic amines) is 1. The predicted octanol–water partition coefficient (Wildman–Crippen LogP) is 0.189. The van der Waals surface area contributed by atoms with Crippen LogP contribution in [0.3, 0.4) is 0 Å². The summed E-state index contributed by atoms with van der Waals surface area (Å²) in [5.41, 5.74) is 0.377. The van der Waals surface area contributed by atoms with Gasteiger partial charge in [-0.15, -0.1) is 0 Å². The third kappa shape index (κ3) is 5.27. The second kappa shape index (κ2) is 7.81. The van der Waals surface area contributed by atoms with Gasteiger partial charge in [0.25, 0.3) is 0 Å².